The summed E-state index contributed by atoms with van der Waals surface area (Å²) in [6, 6.07) is 19.1. The second-order valence-electron chi connectivity index (χ2n) is 12.9. The second-order valence-corrected chi connectivity index (χ2v) is 13.7. The van der Waals surface area contributed by atoms with E-state index in [2.05, 4.69) is 27.3 Å². The molecule has 2 atom stereocenters. The van der Waals surface area contributed by atoms with Gasteiger partial charge in [0.1, 0.15) is 35.5 Å². The molecule has 1 saturated heterocycles. The molecule has 1 aromatic heterocycles. The number of nitrogens with zero attached hydrogens (tertiary/aromatic N) is 2. The van der Waals surface area contributed by atoms with Gasteiger partial charge in [-0.25, -0.2) is 0 Å². The van der Waals surface area contributed by atoms with E-state index in [-0.39, 0.29) is 25.4 Å². The minimum absolute atomic E-state index is 0.0769. The quantitative estimate of drug-likeness (QED) is 0.101. The number of β-amino-alcohol motifs (C(OH)–C–C–N with tert-alkyl or cyclic N) is 1. The van der Waals surface area contributed by atoms with Crippen LogP contribution in [0.4, 0.5) is 0 Å². The first kappa shape index (κ1) is 35.9. The first-order chi connectivity index (χ1) is 24.1. The number of ether oxygens (including phenoxy) is 3. The Kier molecular flexibility index (Phi) is 11.5. The van der Waals surface area contributed by atoms with Crippen LogP contribution in [0, 0.1) is 0 Å². The molecule has 50 heavy (non-hydrogen) atoms. The van der Waals surface area contributed by atoms with Crippen LogP contribution in [-0.2, 0) is 24.4 Å². The molecule has 264 valence electrons. The third-order valence-electron chi connectivity index (χ3n) is 9.24. The van der Waals surface area contributed by atoms with Crippen molar-refractivity contribution in [2.75, 3.05) is 32.8 Å². The van der Waals surface area contributed by atoms with Gasteiger partial charge in [-0.1, -0.05) is 59.6 Å². The predicted octanol–water partition coefficient (Wildman–Crippen LogP) is 6.07. The van der Waals surface area contributed by atoms with Gasteiger partial charge in [0.2, 0.25) is 0 Å². The fourth-order valence-electron chi connectivity index (χ4n) is 6.24. The van der Waals surface area contributed by atoms with Gasteiger partial charge in [0.25, 0.3) is 0 Å². The molecule has 1 aliphatic carbocycles. The highest BCUT2D eigenvalue weighted by molar-refractivity contribution is 6.35. The van der Waals surface area contributed by atoms with Crippen LogP contribution in [0.25, 0.3) is 11.1 Å². The van der Waals surface area contributed by atoms with E-state index in [4.69, 9.17) is 37.4 Å². The summed E-state index contributed by atoms with van der Waals surface area (Å²) in [6.07, 6.45) is 5.25. The molecular formula is C38H41Cl2N3O7. The molecule has 0 bridgehead atoms. The van der Waals surface area contributed by atoms with E-state index >= 15 is 0 Å². The van der Waals surface area contributed by atoms with E-state index in [1.165, 1.54) is 6.92 Å². The normalized spacial score (nSPS) is 17.1. The molecule has 1 fully saturated rings. The van der Waals surface area contributed by atoms with Crippen LogP contribution in [0.3, 0.4) is 0 Å². The lowest BCUT2D eigenvalue weighted by Gasteiger charge is -2.35. The fourth-order valence-corrected chi connectivity index (χ4v) is 6.76. The number of carboxylic acid groups (broad SMARTS) is 1. The number of benzene rings is 3. The highest BCUT2D eigenvalue weighted by Gasteiger charge is 2.33. The van der Waals surface area contributed by atoms with Gasteiger partial charge in [0, 0.05) is 61.3 Å². The van der Waals surface area contributed by atoms with Crippen molar-refractivity contribution in [3.63, 3.8) is 0 Å². The lowest BCUT2D eigenvalue weighted by atomic mass is 9.96. The monoisotopic (exact) mass is 721 g/mol. The number of pyridine rings is 1. The molecule has 4 aromatic rings. The second kappa shape index (κ2) is 16.0. The minimum atomic E-state index is -1.55. The van der Waals surface area contributed by atoms with E-state index < -0.39 is 18.1 Å². The largest absolute Gasteiger partial charge is 0.492 e. The molecule has 3 aromatic carbocycles. The summed E-state index contributed by atoms with van der Waals surface area (Å²) >= 11 is 13.7. The molecule has 2 heterocycles. The Labute approximate surface area is 301 Å². The average molecular weight is 723 g/mol. The lowest BCUT2D eigenvalue weighted by Crippen LogP contribution is -2.52. The summed E-state index contributed by atoms with van der Waals surface area (Å²) in [7, 11) is 0. The highest BCUT2D eigenvalue weighted by Crippen LogP contribution is 2.45. The van der Waals surface area contributed by atoms with Crippen LogP contribution in [0.2, 0.25) is 10.0 Å². The van der Waals surface area contributed by atoms with E-state index in [0.717, 1.165) is 66.7 Å². The molecule has 2 aliphatic rings. The van der Waals surface area contributed by atoms with E-state index in [0.29, 0.717) is 39.5 Å². The molecule has 10 nitrogen and oxygen atoms in total. The van der Waals surface area contributed by atoms with Crippen LogP contribution in [0.1, 0.15) is 48.1 Å². The molecule has 0 unspecified atom stereocenters. The first-order valence-electron chi connectivity index (χ1n) is 16.7. The van der Waals surface area contributed by atoms with E-state index in [1.54, 1.807) is 24.5 Å². The third kappa shape index (κ3) is 8.18. The minimum Gasteiger partial charge on any atom is -0.492 e. The SMILES string of the molecule is C[C@](CO)(NCc1cc(Cl)c(O[C@H]2CCc3c(-c4cccc(OCCCN5CC(O)C5)c4Cl)cccc32)cc1OCc1cccnc1)C(=O)O. The Bertz CT molecular complexity index is 1810. The summed E-state index contributed by atoms with van der Waals surface area (Å²) in [4.78, 5) is 18.1. The lowest BCUT2D eigenvalue weighted by molar-refractivity contribution is -0.145. The maximum absolute atomic E-state index is 11.8. The van der Waals surface area contributed by atoms with Crippen LogP contribution in [0.5, 0.6) is 17.2 Å². The number of aromatic nitrogens is 1. The molecule has 6 rings (SSSR count). The highest BCUT2D eigenvalue weighted by atomic mass is 35.5. The average Bonchev–Trinajstić information content (AvgIpc) is 3.52. The van der Waals surface area contributed by atoms with Crippen molar-refractivity contribution in [3.05, 3.63) is 105 Å². The number of carbonyl (C=O) groups is 1. The van der Waals surface area contributed by atoms with Crippen molar-refractivity contribution >= 4 is 29.2 Å². The van der Waals surface area contributed by atoms with Gasteiger partial charge in [0.15, 0.2) is 0 Å². The summed E-state index contributed by atoms with van der Waals surface area (Å²) < 4.78 is 18.9. The molecule has 0 saturated carbocycles. The number of aliphatic carboxylic acids is 1. The zero-order valence-corrected chi connectivity index (χ0v) is 29.3. The number of fused-ring (bicyclic) bond motifs is 1. The molecule has 12 heteroatoms. The topological polar surface area (TPSA) is 134 Å². The molecule has 0 amide bonds. The summed E-state index contributed by atoms with van der Waals surface area (Å²) in [5.74, 6) is 0.358. The number of hydrogen-bond acceptors (Lipinski definition) is 9. The van der Waals surface area contributed by atoms with Gasteiger partial charge in [-0.15, -0.1) is 0 Å². The molecule has 0 radical (unpaired) electrons. The standard InChI is InChI=1S/C38H41Cl2N3O7/c1-38(23-44,37(46)47)42-19-25-16-31(39)35(17-34(25)49-22-24-6-4-13-41-18-24)50-32-12-11-28-27(7-2-8-29(28)32)30-9-3-10-33(36(30)40)48-15-5-14-43-20-26(45)21-43/h2-4,6-10,13,16-18,26,32,42,44-45H,5,11-12,14-15,19-23H2,1H3,(H,46,47)/t32-,38+/m0/s1. The van der Waals surface area contributed by atoms with Crippen molar-refractivity contribution in [1.82, 2.24) is 15.2 Å². The Morgan fingerprint density at radius 3 is 2.58 bits per heavy atom. The Morgan fingerprint density at radius 1 is 1.04 bits per heavy atom. The predicted molar refractivity (Wildman–Crippen MR) is 191 cm³/mol. The van der Waals surface area contributed by atoms with Gasteiger partial charge < -0.3 is 29.5 Å². The summed E-state index contributed by atoms with van der Waals surface area (Å²) in [6.45, 7) is 3.95. The zero-order chi connectivity index (χ0) is 35.3. The maximum Gasteiger partial charge on any atom is 0.326 e. The molecule has 0 spiro atoms. The first-order valence-corrected chi connectivity index (χ1v) is 17.4. The molecular weight excluding hydrogens is 681 g/mol. The number of aliphatic hydroxyl groups is 2. The van der Waals surface area contributed by atoms with Crippen LogP contribution in [-0.4, -0.2) is 75.7 Å². The smallest absolute Gasteiger partial charge is 0.326 e. The van der Waals surface area contributed by atoms with Gasteiger partial charge in [-0.05, 0) is 61.1 Å². The van der Waals surface area contributed by atoms with Gasteiger partial charge in [0.05, 0.1) is 29.4 Å². The van der Waals surface area contributed by atoms with Crippen LogP contribution >= 0.6 is 23.2 Å². The maximum atomic E-state index is 11.8. The number of carboxylic acids is 1. The van der Waals surface area contributed by atoms with Crippen molar-refractivity contribution < 1.29 is 34.3 Å². The Balaban J connectivity index is 1.20. The number of nitrogens with one attached hydrogen (secondary N) is 1. The Hall–Kier alpha value is -3.90. The van der Waals surface area contributed by atoms with Gasteiger partial charge >= 0.3 is 5.97 Å². The number of rotatable bonds is 16. The van der Waals surface area contributed by atoms with Crippen molar-refractivity contribution in [1.29, 1.82) is 0 Å². The Morgan fingerprint density at radius 2 is 1.84 bits per heavy atom. The van der Waals surface area contributed by atoms with E-state index in [1.807, 2.05) is 36.4 Å². The molecule has 1 aliphatic heterocycles. The zero-order valence-electron chi connectivity index (χ0n) is 27.8. The number of likely N-dealkylation sites (tertiary alicyclic amines) is 1. The molecule has 4 N–H and O–H groups in total. The van der Waals surface area contributed by atoms with Crippen molar-refractivity contribution in [2.24, 2.45) is 0 Å². The third-order valence-corrected chi connectivity index (χ3v) is 9.93. The fraction of sp³-hybridized carbons (Fsp3) is 0.368. The summed E-state index contributed by atoms with van der Waals surface area (Å²) in [5.41, 5.74) is 4.02. The van der Waals surface area contributed by atoms with Gasteiger partial charge in [-0.2, -0.15) is 0 Å². The van der Waals surface area contributed by atoms with Crippen LogP contribution in [0.15, 0.2) is 73.1 Å². The van der Waals surface area contributed by atoms with Gasteiger partial charge in [-0.3, -0.25) is 20.0 Å². The van der Waals surface area contributed by atoms with Crippen LogP contribution < -0.4 is 19.5 Å². The van der Waals surface area contributed by atoms with Crippen molar-refractivity contribution in [2.45, 2.75) is 57.1 Å². The number of aliphatic hydroxyl groups excluding tert-OH is 2. The summed E-state index contributed by atoms with van der Waals surface area (Å²) in [5, 5.41) is 32.7. The van der Waals surface area contributed by atoms with E-state index in [9.17, 15) is 20.1 Å². The van der Waals surface area contributed by atoms with Crippen molar-refractivity contribution in [3.8, 4) is 28.4 Å². The number of hydrogen-bond donors (Lipinski definition) is 4. The number of halogens is 2.